The average molecular weight is 214 g/mol. The number of rotatable bonds is 2. The molecule has 0 aromatic heterocycles. The molecule has 0 aliphatic carbocycles. The van der Waals surface area contributed by atoms with E-state index in [-0.39, 0.29) is 5.91 Å². The lowest BCUT2D eigenvalue weighted by atomic mass is 9.93. The summed E-state index contributed by atoms with van der Waals surface area (Å²) in [5.74, 6) is 0.889. The molecular formula is C12H26N2O. The fourth-order valence-corrected chi connectivity index (χ4v) is 1.70. The molecule has 15 heavy (non-hydrogen) atoms. The molecule has 1 saturated heterocycles. The summed E-state index contributed by atoms with van der Waals surface area (Å²) in [7, 11) is 5.80. The van der Waals surface area contributed by atoms with Crippen LogP contribution in [0.4, 0.5) is 0 Å². The smallest absolute Gasteiger partial charge is 0.222 e. The maximum Gasteiger partial charge on any atom is 0.222 e. The first kappa shape index (κ1) is 14.4. The summed E-state index contributed by atoms with van der Waals surface area (Å²) in [5, 5.41) is 0. The summed E-state index contributed by atoms with van der Waals surface area (Å²) in [6.07, 6.45) is 3.09. The van der Waals surface area contributed by atoms with Gasteiger partial charge in [-0.15, -0.1) is 0 Å². The lowest BCUT2D eigenvalue weighted by molar-refractivity contribution is -0.130. The SMILES string of the molecule is CC.CN1CCC(CC(=O)N(C)C)CC1. The summed E-state index contributed by atoms with van der Waals surface area (Å²) < 4.78 is 0. The van der Waals surface area contributed by atoms with Crippen molar-refractivity contribution in [2.24, 2.45) is 5.92 Å². The van der Waals surface area contributed by atoms with Crippen LogP contribution in [0.2, 0.25) is 0 Å². The molecule has 0 saturated carbocycles. The van der Waals surface area contributed by atoms with Crippen molar-refractivity contribution < 1.29 is 4.79 Å². The Morgan fingerprint density at radius 1 is 1.27 bits per heavy atom. The second kappa shape index (κ2) is 7.69. The van der Waals surface area contributed by atoms with E-state index < -0.39 is 0 Å². The number of hydrogen-bond acceptors (Lipinski definition) is 2. The highest BCUT2D eigenvalue weighted by atomic mass is 16.2. The van der Waals surface area contributed by atoms with Crippen LogP contribution in [0.5, 0.6) is 0 Å². The first-order chi connectivity index (χ1) is 7.09. The van der Waals surface area contributed by atoms with Gasteiger partial charge in [-0.1, -0.05) is 13.8 Å². The van der Waals surface area contributed by atoms with Gasteiger partial charge in [0.2, 0.25) is 5.91 Å². The Morgan fingerprint density at radius 3 is 2.13 bits per heavy atom. The third-order valence-electron chi connectivity index (χ3n) is 2.80. The first-order valence-electron chi connectivity index (χ1n) is 5.98. The normalized spacial score (nSPS) is 17.9. The molecule has 0 N–H and O–H groups in total. The van der Waals surface area contributed by atoms with Crippen molar-refractivity contribution in [2.75, 3.05) is 34.2 Å². The van der Waals surface area contributed by atoms with Gasteiger partial charge in [0.15, 0.2) is 0 Å². The first-order valence-corrected chi connectivity index (χ1v) is 5.98. The topological polar surface area (TPSA) is 23.6 Å². The van der Waals surface area contributed by atoms with Crippen LogP contribution in [0.1, 0.15) is 33.1 Å². The minimum Gasteiger partial charge on any atom is -0.349 e. The van der Waals surface area contributed by atoms with Gasteiger partial charge < -0.3 is 9.80 Å². The van der Waals surface area contributed by atoms with Crippen molar-refractivity contribution in [3.05, 3.63) is 0 Å². The molecule has 3 nitrogen and oxygen atoms in total. The van der Waals surface area contributed by atoms with Gasteiger partial charge >= 0.3 is 0 Å². The Hall–Kier alpha value is -0.570. The van der Waals surface area contributed by atoms with Gasteiger partial charge in [0.25, 0.3) is 0 Å². The van der Waals surface area contributed by atoms with Crippen LogP contribution in [-0.4, -0.2) is 49.9 Å². The fraction of sp³-hybridized carbons (Fsp3) is 0.917. The maximum absolute atomic E-state index is 11.4. The van der Waals surface area contributed by atoms with Crippen LogP contribution in [0, 0.1) is 5.92 Å². The van der Waals surface area contributed by atoms with Crippen LogP contribution in [-0.2, 0) is 4.79 Å². The van der Waals surface area contributed by atoms with E-state index in [1.165, 1.54) is 12.8 Å². The lowest BCUT2D eigenvalue weighted by Gasteiger charge is -2.29. The largest absolute Gasteiger partial charge is 0.349 e. The third kappa shape index (κ3) is 5.78. The standard InChI is InChI=1S/C10H20N2O.C2H6/c1-11(2)10(13)8-9-4-6-12(3)7-5-9;1-2/h9H,4-8H2,1-3H3;1-2H3. The number of piperidine rings is 1. The number of nitrogens with zero attached hydrogens (tertiary/aromatic N) is 2. The highest BCUT2D eigenvalue weighted by Crippen LogP contribution is 2.19. The molecule has 1 amide bonds. The third-order valence-corrected chi connectivity index (χ3v) is 2.80. The quantitative estimate of drug-likeness (QED) is 0.700. The van der Waals surface area contributed by atoms with Crippen molar-refractivity contribution in [1.82, 2.24) is 9.80 Å². The van der Waals surface area contributed by atoms with Gasteiger partial charge in [-0.25, -0.2) is 0 Å². The Morgan fingerprint density at radius 2 is 1.73 bits per heavy atom. The van der Waals surface area contributed by atoms with Gasteiger partial charge in [-0.05, 0) is 38.9 Å². The predicted octanol–water partition coefficient (Wildman–Crippen LogP) is 1.83. The number of carbonyl (C=O) groups excluding carboxylic acids is 1. The molecule has 3 heteroatoms. The zero-order chi connectivity index (χ0) is 11.8. The van der Waals surface area contributed by atoms with Crippen molar-refractivity contribution in [2.45, 2.75) is 33.1 Å². The van der Waals surface area contributed by atoms with Crippen LogP contribution in [0.3, 0.4) is 0 Å². The zero-order valence-electron chi connectivity index (χ0n) is 10.9. The van der Waals surface area contributed by atoms with E-state index in [0.29, 0.717) is 5.92 Å². The monoisotopic (exact) mass is 214 g/mol. The second-order valence-corrected chi connectivity index (χ2v) is 4.24. The van der Waals surface area contributed by atoms with E-state index in [1.807, 2.05) is 27.9 Å². The molecule has 0 atom stereocenters. The maximum atomic E-state index is 11.4. The molecule has 0 aromatic rings. The average Bonchev–Trinajstić information content (AvgIpc) is 2.24. The Balaban J connectivity index is 0.000000921. The summed E-state index contributed by atoms with van der Waals surface area (Å²) in [4.78, 5) is 15.4. The summed E-state index contributed by atoms with van der Waals surface area (Å²) >= 11 is 0. The second-order valence-electron chi connectivity index (χ2n) is 4.24. The van der Waals surface area contributed by atoms with Gasteiger partial charge in [0.05, 0.1) is 0 Å². The molecule has 0 radical (unpaired) electrons. The molecule has 1 rings (SSSR count). The molecule has 1 heterocycles. The number of hydrogen-bond donors (Lipinski definition) is 0. The van der Waals surface area contributed by atoms with Gasteiger partial charge in [0, 0.05) is 20.5 Å². The van der Waals surface area contributed by atoms with Crippen LogP contribution >= 0.6 is 0 Å². The molecule has 0 bridgehead atoms. The van der Waals surface area contributed by atoms with Gasteiger partial charge in [-0.2, -0.15) is 0 Å². The Kier molecular flexibility index (Phi) is 7.39. The molecular weight excluding hydrogens is 188 g/mol. The van der Waals surface area contributed by atoms with E-state index in [4.69, 9.17) is 0 Å². The van der Waals surface area contributed by atoms with Crippen molar-refractivity contribution in [3.8, 4) is 0 Å². The zero-order valence-corrected chi connectivity index (χ0v) is 10.9. The fourth-order valence-electron chi connectivity index (χ4n) is 1.70. The number of carbonyl (C=O) groups is 1. The van der Waals surface area contributed by atoms with Gasteiger partial charge in [-0.3, -0.25) is 4.79 Å². The summed E-state index contributed by atoms with van der Waals surface area (Å²) in [6.45, 7) is 6.29. The lowest BCUT2D eigenvalue weighted by Crippen LogP contribution is -2.33. The molecule has 1 aliphatic rings. The van der Waals surface area contributed by atoms with Crippen LogP contribution in [0.25, 0.3) is 0 Å². The Labute approximate surface area is 94.4 Å². The molecule has 0 unspecified atom stereocenters. The highest BCUT2D eigenvalue weighted by molar-refractivity contribution is 5.75. The molecule has 0 aromatic carbocycles. The number of amides is 1. The van der Waals surface area contributed by atoms with E-state index in [2.05, 4.69) is 11.9 Å². The number of likely N-dealkylation sites (tertiary alicyclic amines) is 1. The van der Waals surface area contributed by atoms with E-state index in [0.717, 1.165) is 19.5 Å². The minimum absolute atomic E-state index is 0.273. The molecule has 90 valence electrons. The minimum atomic E-state index is 0.273. The molecule has 0 spiro atoms. The Bertz CT molecular complexity index is 172. The van der Waals surface area contributed by atoms with Crippen molar-refractivity contribution in [3.63, 3.8) is 0 Å². The molecule has 1 fully saturated rings. The highest BCUT2D eigenvalue weighted by Gasteiger charge is 2.19. The van der Waals surface area contributed by atoms with Crippen molar-refractivity contribution >= 4 is 5.91 Å². The summed E-state index contributed by atoms with van der Waals surface area (Å²) in [5.41, 5.74) is 0. The summed E-state index contributed by atoms with van der Waals surface area (Å²) in [6, 6.07) is 0. The van der Waals surface area contributed by atoms with Crippen LogP contribution < -0.4 is 0 Å². The van der Waals surface area contributed by atoms with E-state index >= 15 is 0 Å². The van der Waals surface area contributed by atoms with Gasteiger partial charge in [0.1, 0.15) is 0 Å². The molecule has 1 aliphatic heterocycles. The van der Waals surface area contributed by atoms with Crippen molar-refractivity contribution in [1.29, 1.82) is 0 Å². The van der Waals surface area contributed by atoms with Crippen LogP contribution in [0.15, 0.2) is 0 Å². The predicted molar refractivity (Wildman–Crippen MR) is 64.9 cm³/mol. The van der Waals surface area contributed by atoms with E-state index in [1.54, 1.807) is 4.90 Å². The van der Waals surface area contributed by atoms with E-state index in [9.17, 15) is 4.79 Å².